The third kappa shape index (κ3) is 6.34. The van der Waals surface area contributed by atoms with E-state index < -0.39 is 11.6 Å². The van der Waals surface area contributed by atoms with E-state index in [1.165, 1.54) is 12.1 Å². The summed E-state index contributed by atoms with van der Waals surface area (Å²) in [6, 6.07) is 14.4. The minimum Gasteiger partial charge on any atom is -0.478 e. The van der Waals surface area contributed by atoms with Crippen molar-refractivity contribution in [2.75, 3.05) is 0 Å². The van der Waals surface area contributed by atoms with Gasteiger partial charge in [0.15, 0.2) is 5.78 Å². The van der Waals surface area contributed by atoms with Crippen molar-refractivity contribution in [1.29, 1.82) is 0 Å². The molecule has 1 aromatic heterocycles. The van der Waals surface area contributed by atoms with Crippen molar-refractivity contribution in [1.82, 2.24) is 9.55 Å². The molecule has 0 saturated heterocycles. The second kappa shape index (κ2) is 10.3. The summed E-state index contributed by atoms with van der Waals surface area (Å²) in [5, 5.41) is 19.3. The first-order valence-corrected chi connectivity index (χ1v) is 11.3. The van der Waals surface area contributed by atoms with Crippen LogP contribution in [0.15, 0.2) is 48.5 Å². The van der Waals surface area contributed by atoms with Crippen LogP contribution in [0, 0.1) is 18.8 Å². The number of nitrogens with zero attached hydrogens (tertiary/aromatic N) is 2. The second-order valence-electron chi connectivity index (χ2n) is 8.91. The fourth-order valence-electron chi connectivity index (χ4n) is 3.47. The summed E-state index contributed by atoms with van der Waals surface area (Å²) in [5.41, 5.74) is 2.36. The summed E-state index contributed by atoms with van der Waals surface area (Å²) >= 11 is 6.44. The summed E-state index contributed by atoms with van der Waals surface area (Å²) in [5.74, 6) is 4.16. The molecule has 0 saturated carbocycles. The van der Waals surface area contributed by atoms with Gasteiger partial charge in [-0.15, -0.1) is 0 Å². The maximum absolute atomic E-state index is 13.5. The average Bonchev–Trinajstić information content (AvgIpc) is 3.08. The number of carbonyl (C=O) groups is 2. The Morgan fingerprint density at radius 3 is 2.29 bits per heavy atom. The number of carbonyl (C=O) groups excluding carboxylic acids is 1. The molecule has 1 heterocycles. The molecule has 0 amide bonds. The molecule has 2 N–H and O–H groups in total. The molecule has 6 nitrogen and oxygen atoms in total. The normalized spacial score (nSPS) is 12.1. The third-order valence-corrected chi connectivity index (χ3v) is 5.64. The molecule has 2 aromatic carbocycles. The van der Waals surface area contributed by atoms with Gasteiger partial charge < -0.3 is 14.8 Å². The molecule has 0 radical (unpaired) electrons. The number of aliphatic hydroxyl groups is 1. The minimum absolute atomic E-state index is 0.141. The van der Waals surface area contributed by atoms with Crippen molar-refractivity contribution < 1.29 is 19.8 Å². The van der Waals surface area contributed by atoms with Crippen molar-refractivity contribution in [3.8, 4) is 11.8 Å². The highest BCUT2D eigenvalue weighted by Crippen LogP contribution is 2.26. The van der Waals surface area contributed by atoms with E-state index in [0.29, 0.717) is 6.54 Å². The van der Waals surface area contributed by atoms with E-state index >= 15 is 0 Å². The monoisotopic (exact) mass is 478 g/mol. The van der Waals surface area contributed by atoms with Gasteiger partial charge in [-0.1, -0.05) is 54.8 Å². The number of Topliss-reactive ketones (excluding diaryl/α,β-unsaturated/α-hetero) is 1. The Hall–Kier alpha value is -3.40. The molecule has 7 heteroatoms. The van der Waals surface area contributed by atoms with Crippen LogP contribution in [0.3, 0.4) is 0 Å². The van der Waals surface area contributed by atoms with Crippen LogP contribution >= 0.6 is 11.6 Å². The number of hydrogen-bond donors (Lipinski definition) is 2. The lowest BCUT2D eigenvalue weighted by Gasteiger charge is -2.14. The lowest BCUT2D eigenvalue weighted by molar-refractivity contribution is 0.0696. The first kappa shape index (κ1) is 25.2. The molecule has 0 aliphatic rings. The van der Waals surface area contributed by atoms with Gasteiger partial charge in [0.1, 0.15) is 17.0 Å². The summed E-state index contributed by atoms with van der Waals surface area (Å²) in [6.07, 6.45) is 0.152. The number of carboxylic acids is 1. The number of imidazole rings is 1. The highest BCUT2D eigenvalue weighted by atomic mass is 35.5. The lowest BCUT2D eigenvalue weighted by atomic mass is 9.93. The zero-order valence-electron chi connectivity index (χ0n) is 19.6. The van der Waals surface area contributed by atoms with E-state index in [1.807, 2.05) is 38.1 Å². The first-order valence-electron chi connectivity index (χ1n) is 10.9. The zero-order chi connectivity index (χ0) is 25.0. The number of aromatic nitrogens is 2. The third-order valence-electron chi connectivity index (χ3n) is 5.35. The SMILES string of the molecule is Cc1ccc(Cn2c(Cl)nc(C#CC(C)(C)O)c2C(=O)C[C@@H](C)c2ccc(C(=O)O)cc2)cc1. The van der Waals surface area contributed by atoms with E-state index in [0.717, 1.165) is 16.7 Å². The maximum Gasteiger partial charge on any atom is 0.335 e. The fraction of sp³-hybridized carbons (Fsp3) is 0.296. The van der Waals surface area contributed by atoms with Crippen LogP contribution in [0.1, 0.15) is 76.3 Å². The molecule has 0 spiro atoms. The highest BCUT2D eigenvalue weighted by Gasteiger charge is 2.24. The number of halogens is 1. The molecule has 0 unspecified atom stereocenters. The van der Waals surface area contributed by atoms with Crippen molar-refractivity contribution in [3.63, 3.8) is 0 Å². The van der Waals surface area contributed by atoms with Crippen LogP contribution < -0.4 is 0 Å². The van der Waals surface area contributed by atoms with E-state index in [9.17, 15) is 14.7 Å². The standard InChI is InChI=1S/C27H27ClN2O4/c1-17-5-7-19(8-6-17)16-30-24(22(29-26(30)28)13-14-27(3,4)34)23(31)15-18(2)20-9-11-21(12-10-20)25(32)33/h5-12,18,34H,15-16H2,1-4H3,(H,32,33)/t18-/m1/s1. The van der Waals surface area contributed by atoms with Crippen LogP contribution in [0.25, 0.3) is 0 Å². The number of hydrogen-bond acceptors (Lipinski definition) is 4. The predicted molar refractivity (Wildman–Crippen MR) is 131 cm³/mol. The van der Waals surface area contributed by atoms with Gasteiger partial charge in [-0.2, -0.15) is 0 Å². The van der Waals surface area contributed by atoms with Gasteiger partial charge in [0, 0.05) is 6.42 Å². The van der Waals surface area contributed by atoms with Crippen LogP contribution in [0.4, 0.5) is 0 Å². The summed E-state index contributed by atoms with van der Waals surface area (Å²) in [4.78, 5) is 28.9. The van der Waals surface area contributed by atoms with E-state index in [1.54, 1.807) is 30.5 Å². The Balaban J connectivity index is 1.96. The molecule has 3 rings (SSSR count). The van der Waals surface area contributed by atoms with Crippen LogP contribution in [0.2, 0.25) is 5.28 Å². The Morgan fingerprint density at radius 2 is 1.74 bits per heavy atom. The molecule has 0 aliphatic carbocycles. The molecular formula is C27H27ClN2O4. The van der Waals surface area contributed by atoms with Gasteiger partial charge in [-0.05, 0) is 67.5 Å². The average molecular weight is 479 g/mol. The molecule has 3 aromatic rings. The summed E-state index contributed by atoms with van der Waals surface area (Å²) in [6.45, 7) is 7.35. The van der Waals surface area contributed by atoms with Gasteiger partial charge >= 0.3 is 5.97 Å². The van der Waals surface area contributed by atoms with Gasteiger partial charge in [-0.3, -0.25) is 4.79 Å². The number of ketones is 1. The van der Waals surface area contributed by atoms with Crippen molar-refractivity contribution >= 4 is 23.4 Å². The van der Waals surface area contributed by atoms with Crippen molar-refractivity contribution in [2.24, 2.45) is 0 Å². The number of rotatable bonds is 7. The first-order chi connectivity index (χ1) is 15.9. The van der Waals surface area contributed by atoms with Gasteiger partial charge in [-0.25, -0.2) is 9.78 Å². The Morgan fingerprint density at radius 1 is 1.12 bits per heavy atom. The largest absolute Gasteiger partial charge is 0.478 e. The van der Waals surface area contributed by atoms with E-state index in [4.69, 9.17) is 16.7 Å². The maximum atomic E-state index is 13.5. The quantitative estimate of drug-likeness (QED) is 0.364. The number of benzene rings is 2. The number of aromatic carboxylic acids is 1. The van der Waals surface area contributed by atoms with Crippen molar-refractivity contribution in [2.45, 2.75) is 52.2 Å². The molecule has 1 atom stereocenters. The molecule has 0 aliphatic heterocycles. The lowest BCUT2D eigenvalue weighted by Crippen LogP contribution is -2.16. The molecule has 0 fully saturated rings. The second-order valence-corrected chi connectivity index (χ2v) is 9.25. The minimum atomic E-state index is -1.26. The number of aryl methyl sites for hydroxylation is 1. The van der Waals surface area contributed by atoms with Crippen molar-refractivity contribution in [3.05, 3.63) is 87.5 Å². The summed E-state index contributed by atoms with van der Waals surface area (Å²) < 4.78 is 1.64. The molecule has 34 heavy (non-hydrogen) atoms. The van der Waals surface area contributed by atoms with Crippen LogP contribution in [-0.4, -0.2) is 37.1 Å². The fourth-order valence-corrected chi connectivity index (χ4v) is 3.70. The summed E-state index contributed by atoms with van der Waals surface area (Å²) in [7, 11) is 0. The highest BCUT2D eigenvalue weighted by molar-refractivity contribution is 6.29. The van der Waals surface area contributed by atoms with Crippen LogP contribution in [-0.2, 0) is 6.54 Å². The molecule has 176 valence electrons. The Bertz CT molecular complexity index is 1260. The van der Waals surface area contributed by atoms with E-state index in [-0.39, 0.29) is 40.4 Å². The molecular weight excluding hydrogens is 452 g/mol. The predicted octanol–water partition coefficient (Wildman–Crippen LogP) is 5.09. The van der Waals surface area contributed by atoms with Gasteiger partial charge in [0.25, 0.3) is 0 Å². The van der Waals surface area contributed by atoms with Gasteiger partial charge in [0.05, 0.1) is 12.1 Å². The smallest absolute Gasteiger partial charge is 0.335 e. The van der Waals surface area contributed by atoms with Gasteiger partial charge in [0.2, 0.25) is 5.28 Å². The Kier molecular flexibility index (Phi) is 7.61. The molecule has 0 bridgehead atoms. The Labute approximate surface area is 204 Å². The number of carboxylic acid groups (broad SMARTS) is 1. The van der Waals surface area contributed by atoms with E-state index in [2.05, 4.69) is 16.8 Å². The van der Waals surface area contributed by atoms with Crippen LogP contribution in [0.5, 0.6) is 0 Å². The zero-order valence-corrected chi connectivity index (χ0v) is 20.3. The topological polar surface area (TPSA) is 92.4 Å².